The van der Waals surface area contributed by atoms with Gasteiger partial charge in [0.1, 0.15) is 0 Å². The molecule has 3 aromatic rings. The molecule has 0 spiro atoms. The lowest BCUT2D eigenvalue weighted by atomic mass is 10.1. The summed E-state index contributed by atoms with van der Waals surface area (Å²) >= 11 is 1.31. The molecular weight excluding hydrogens is 410 g/mol. The summed E-state index contributed by atoms with van der Waals surface area (Å²) in [4.78, 5) is 30.8. The maximum Gasteiger partial charge on any atom is 0.262 e. The van der Waals surface area contributed by atoms with Gasteiger partial charge in [0.15, 0.2) is 5.16 Å². The monoisotopic (exact) mass is 437 g/mol. The van der Waals surface area contributed by atoms with Crippen molar-refractivity contribution in [3.8, 4) is 0 Å². The van der Waals surface area contributed by atoms with Crippen LogP contribution < -0.4 is 10.9 Å². The van der Waals surface area contributed by atoms with Crippen molar-refractivity contribution in [2.45, 2.75) is 55.8 Å². The largest absolute Gasteiger partial charge is 0.376 e. The number of amides is 1. The minimum Gasteiger partial charge on any atom is -0.376 e. The van der Waals surface area contributed by atoms with Crippen LogP contribution in [0.5, 0.6) is 0 Å². The molecule has 6 nitrogen and oxygen atoms in total. The highest BCUT2D eigenvalue weighted by Crippen LogP contribution is 2.25. The third-order valence-corrected chi connectivity index (χ3v) is 6.64. The molecule has 1 aliphatic heterocycles. The van der Waals surface area contributed by atoms with Gasteiger partial charge in [-0.1, -0.05) is 54.2 Å². The van der Waals surface area contributed by atoms with Crippen LogP contribution in [-0.2, 0) is 16.1 Å². The Balaban J connectivity index is 1.57. The Labute approximate surface area is 186 Å². The van der Waals surface area contributed by atoms with Crippen molar-refractivity contribution in [1.29, 1.82) is 0 Å². The standard InChI is InChI=1S/C24H27N3O3S/c1-16(18-9-4-3-5-10-18)25-22(28)17(2)31-24-26-21-13-7-6-12-20(21)23(29)27(24)15-19-11-8-14-30-19/h3-7,9-10,12-13,16-17,19H,8,11,14-15H2,1-2H3,(H,25,28)/t16-,17-,19+/m1/s1. The topological polar surface area (TPSA) is 73.2 Å². The van der Waals surface area contributed by atoms with Crippen LogP contribution in [0, 0.1) is 0 Å². The van der Waals surface area contributed by atoms with Gasteiger partial charge < -0.3 is 10.1 Å². The third kappa shape index (κ3) is 4.99. The average Bonchev–Trinajstić information content (AvgIpc) is 3.30. The number of fused-ring (bicyclic) bond motifs is 1. The van der Waals surface area contributed by atoms with Crippen molar-refractivity contribution in [1.82, 2.24) is 14.9 Å². The molecule has 1 fully saturated rings. The van der Waals surface area contributed by atoms with E-state index in [1.54, 1.807) is 10.6 Å². The SMILES string of the molecule is C[C@@H](Sc1nc2ccccc2c(=O)n1C[C@@H]1CCCO1)C(=O)N[C@H](C)c1ccccc1. The van der Waals surface area contributed by atoms with E-state index in [9.17, 15) is 9.59 Å². The summed E-state index contributed by atoms with van der Waals surface area (Å²) in [7, 11) is 0. The highest BCUT2D eigenvalue weighted by molar-refractivity contribution is 8.00. The van der Waals surface area contributed by atoms with Crippen molar-refractivity contribution >= 4 is 28.6 Å². The molecule has 1 aliphatic rings. The molecule has 1 aromatic heterocycles. The smallest absolute Gasteiger partial charge is 0.262 e. The van der Waals surface area contributed by atoms with Gasteiger partial charge >= 0.3 is 0 Å². The number of rotatable bonds is 7. The zero-order chi connectivity index (χ0) is 21.8. The number of thioether (sulfide) groups is 1. The summed E-state index contributed by atoms with van der Waals surface area (Å²) in [5.41, 5.74) is 1.60. The van der Waals surface area contributed by atoms with Gasteiger partial charge in [0.05, 0.1) is 34.8 Å². The number of benzene rings is 2. The highest BCUT2D eigenvalue weighted by atomic mass is 32.2. The number of aromatic nitrogens is 2. The Bertz CT molecular complexity index is 1110. The van der Waals surface area contributed by atoms with Crippen molar-refractivity contribution < 1.29 is 9.53 Å². The van der Waals surface area contributed by atoms with E-state index in [1.165, 1.54) is 11.8 Å². The molecular formula is C24H27N3O3S. The second-order valence-corrected chi connectivity index (χ2v) is 9.17. The first kappa shape index (κ1) is 21.6. The van der Waals surface area contributed by atoms with Crippen LogP contribution in [-0.4, -0.2) is 33.4 Å². The molecule has 2 aromatic carbocycles. The maximum absolute atomic E-state index is 13.2. The quantitative estimate of drug-likeness (QED) is 0.448. The van der Waals surface area contributed by atoms with E-state index in [4.69, 9.17) is 9.72 Å². The Morgan fingerprint density at radius 1 is 1.19 bits per heavy atom. The number of hydrogen-bond acceptors (Lipinski definition) is 5. The van der Waals surface area contributed by atoms with Crippen molar-refractivity contribution in [3.63, 3.8) is 0 Å². The van der Waals surface area contributed by atoms with Gasteiger partial charge in [0, 0.05) is 6.61 Å². The Kier molecular flexibility index (Phi) is 6.73. The first-order chi connectivity index (χ1) is 15.0. The van der Waals surface area contributed by atoms with Gasteiger partial charge in [-0.25, -0.2) is 4.98 Å². The van der Waals surface area contributed by atoms with Gasteiger partial charge in [-0.3, -0.25) is 14.2 Å². The lowest BCUT2D eigenvalue weighted by molar-refractivity contribution is -0.120. The summed E-state index contributed by atoms with van der Waals surface area (Å²) in [6.07, 6.45) is 1.93. The van der Waals surface area contributed by atoms with Crippen LogP contribution in [0.15, 0.2) is 64.5 Å². The number of carbonyl (C=O) groups is 1. The molecule has 0 saturated carbocycles. The van der Waals surface area contributed by atoms with Gasteiger partial charge in [0.2, 0.25) is 5.91 Å². The molecule has 7 heteroatoms. The van der Waals surface area contributed by atoms with Crippen LogP contribution in [0.25, 0.3) is 10.9 Å². The van der Waals surface area contributed by atoms with E-state index in [-0.39, 0.29) is 23.6 Å². The molecule has 4 rings (SSSR count). The van der Waals surface area contributed by atoms with Crippen LogP contribution in [0.4, 0.5) is 0 Å². The lowest BCUT2D eigenvalue weighted by Crippen LogP contribution is -2.34. The highest BCUT2D eigenvalue weighted by Gasteiger charge is 2.24. The summed E-state index contributed by atoms with van der Waals surface area (Å²) in [5, 5.41) is 3.79. The molecule has 0 aliphatic carbocycles. The first-order valence-corrected chi connectivity index (χ1v) is 11.5. The fourth-order valence-electron chi connectivity index (χ4n) is 3.76. The van der Waals surface area contributed by atoms with Gasteiger partial charge in [0.25, 0.3) is 5.56 Å². The van der Waals surface area contributed by atoms with Crippen LogP contribution in [0.1, 0.15) is 38.3 Å². The normalized spacial score (nSPS) is 18.1. The fraction of sp³-hybridized carbons (Fsp3) is 0.375. The summed E-state index contributed by atoms with van der Waals surface area (Å²) < 4.78 is 7.43. The molecule has 1 N–H and O–H groups in total. The summed E-state index contributed by atoms with van der Waals surface area (Å²) in [6.45, 7) is 4.98. The predicted molar refractivity (Wildman–Crippen MR) is 123 cm³/mol. The van der Waals surface area contributed by atoms with E-state index in [0.717, 1.165) is 25.0 Å². The molecule has 1 saturated heterocycles. The number of carbonyl (C=O) groups excluding carboxylic acids is 1. The fourth-order valence-corrected chi connectivity index (χ4v) is 4.69. The van der Waals surface area contributed by atoms with E-state index in [2.05, 4.69) is 5.32 Å². The lowest BCUT2D eigenvalue weighted by Gasteiger charge is -2.20. The molecule has 162 valence electrons. The zero-order valence-electron chi connectivity index (χ0n) is 17.8. The molecule has 0 radical (unpaired) electrons. The van der Waals surface area contributed by atoms with Crippen LogP contribution in [0.3, 0.4) is 0 Å². The number of ether oxygens (including phenoxy) is 1. The van der Waals surface area contributed by atoms with E-state index >= 15 is 0 Å². The second kappa shape index (κ2) is 9.66. The average molecular weight is 438 g/mol. The second-order valence-electron chi connectivity index (χ2n) is 7.86. The minimum absolute atomic E-state index is 0.00208. The molecule has 3 atom stereocenters. The molecule has 0 unspecified atom stereocenters. The summed E-state index contributed by atoms with van der Waals surface area (Å²) in [5.74, 6) is -0.0903. The summed E-state index contributed by atoms with van der Waals surface area (Å²) in [6, 6.07) is 17.1. The molecule has 1 amide bonds. The number of para-hydroxylation sites is 1. The van der Waals surface area contributed by atoms with Gasteiger partial charge in [-0.05, 0) is 44.4 Å². The van der Waals surface area contributed by atoms with Crippen LogP contribution >= 0.6 is 11.8 Å². The van der Waals surface area contributed by atoms with E-state index in [0.29, 0.717) is 22.6 Å². The first-order valence-electron chi connectivity index (χ1n) is 10.7. The maximum atomic E-state index is 13.2. The third-order valence-electron chi connectivity index (χ3n) is 5.55. The van der Waals surface area contributed by atoms with E-state index in [1.807, 2.05) is 62.4 Å². The van der Waals surface area contributed by atoms with Gasteiger partial charge in [-0.2, -0.15) is 0 Å². The minimum atomic E-state index is -0.407. The molecule has 2 heterocycles. The number of hydrogen-bond donors (Lipinski definition) is 1. The Hall–Kier alpha value is -2.64. The van der Waals surface area contributed by atoms with E-state index < -0.39 is 5.25 Å². The van der Waals surface area contributed by atoms with Crippen molar-refractivity contribution in [2.75, 3.05) is 6.61 Å². The molecule has 31 heavy (non-hydrogen) atoms. The zero-order valence-corrected chi connectivity index (χ0v) is 18.6. The Morgan fingerprint density at radius 2 is 1.94 bits per heavy atom. The molecule has 0 bridgehead atoms. The van der Waals surface area contributed by atoms with Crippen molar-refractivity contribution in [3.05, 3.63) is 70.5 Å². The van der Waals surface area contributed by atoms with Crippen LogP contribution in [0.2, 0.25) is 0 Å². The number of nitrogens with one attached hydrogen (secondary N) is 1. The number of nitrogens with zero attached hydrogens (tertiary/aromatic N) is 2. The Morgan fingerprint density at radius 3 is 2.68 bits per heavy atom. The predicted octanol–water partition coefficient (Wildman–Crippen LogP) is 3.93. The van der Waals surface area contributed by atoms with Gasteiger partial charge in [-0.15, -0.1) is 0 Å². The van der Waals surface area contributed by atoms with Crippen molar-refractivity contribution in [2.24, 2.45) is 0 Å².